The number of nitrogens with one attached hydrogen (secondary N) is 2. The first-order chi connectivity index (χ1) is 14.0. The van der Waals surface area contributed by atoms with Gasteiger partial charge in [0, 0.05) is 16.1 Å². The summed E-state index contributed by atoms with van der Waals surface area (Å²) in [4.78, 5) is 29.0. The second kappa shape index (κ2) is 7.92. The quantitative estimate of drug-likeness (QED) is 0.621. The molecule has 7 nitrogen and oxygen atoms in total. The molecule has 0 spiro atoms. The molecule has 0 atom stereocenters. The summed E-state index contributed by atoms with van der Waals surface area (Å²) in [7, 11) is 1.36. The van der Waals surface area contributed by atoms with Crippen molar-refractivity contribution in [3.05, 3.63) is 52.9 Å². The number of hydrogen-bond acceptors (Lipinski definition) is 7. The number of anilines is 3. The number of thiazole rings is 1. The molecule has 0 bridgehead atoms. The third-order valence-electron chi connectivity index (χ3n) is 4.42. The van der Waals surface area contributed by atoms with Gasteiger partial charge in [0.1, 0.15) is 5.75 Å². The maximum absolute atomic E-state index is 11.9. The molecule has 2 heterocycles. The number of nitrogens with zero attached hydrogens (tertiary/aromatic N) is 1. The summed E-state index contributed by atoms with van der Waals surface area (Å²) in [6.45, 7) is 2.03. The fraction of sp³-hybridized carbons (Fsp3) is 0.190. The summed E-state index contributed by atoms with van der Waals surface area (Å²) < 4.78 is 10.2. The van der Waals surface area contributed by atoms with Crippen LogP contribution in [0.5, 0.6) is 5.75 Å². The van der Waals surface area contributed by atoms with Gasteiger partial charge >= 0.3 is 5.97 Å². The van der Waals surface area contributed by atoms with Gasteiger partial charge in [0.05, 0.1) is 24.9 Å². The van der Waals surface area contributed by atoms with Gasteiger partial charge in [0.25, 0.3) is 5.91 Å². The topological polar surface area (TPSA) is 89.5 Å². The van der Waals surface area contributed by atoms with E-state index in [4.69, 9.17) is 14.5 Å². The van der Waals surface area contributed by atoms with Gasteiger partial charge < -0.3 is 20.1 Å². The molecule has 1 aliphatic heterocycles. The zero-order valence-corrected chi connectivity index (χ0v) is 16.8. The van der Waals surface area contributed by atoms with E-state index in [1.807, 2.05) is 37.3 Å². The molecule has 8 heteroatoms. The number of hydrogen-bond donors (Lipinski definition) is 2. The third-order valence-corrected chi connectivity index (χ3v) is 5.39. The van der Waals surface area contributed by atoms with Crippen molar-refractivity contribution >= 4 is 39.7 Å². The highest BCUT2D eigenvalue weighted by Crippen LogP contribution is 2.37. The highest BCUT2D eigenvalue weighted by Gasteiger charge is 2.20. The molecule has 0 unspecified atom stereocenters. The number of fused-ring (bicyclic) bond motifs is 1. The van der Waals surface area contributed by atoms with Crippen LogP contribution in [0.25, 0.3) is 11.3 Å². The van der Waals surface area contributed by atoms with E-state index in [0.717, 1.165) is 16.1 Å². The van der Waals surface area contributed by atoms with E-state index >= 15 is 0 Å². The second-order valence-corrected chi connectivity index (χ2v) is 7.67. The van der Waals surface area contributed by atoms with Crippen LogP contribution < -0.4 is 15.4 Å². The predicted molar refractivity (Wildman–Crippen MR) is 112 cm³/mol. The monoisotopic (exact) mass is 409 g/mol. The lowest BCUT2D eigenvalue weighted by molar-refractivity contribution is -0.139. The third kappa shape index (κ3) is 4.22. The molecule has 0 aliphatic carbocycles. The summed E-state index contributed by atoms with van der Waals surface area (Å²) in [6.07, 6.45) is 0.110. The molecule has 2 aromatic carbocycles. The number of ether oxygens (including phenoxy) is 2. The van der Waals surface area contributed by atoms with E-state index in [1.54, 1.807) is 12.1 Å². The molecule has 29 heavy (non-hydrogen) atoms. The number of carbonyl (C=O) groups is 2. The van der Waals surface area contributed by atoms with Crippen molar-refractivity contribution in [2.45, 2.75) is 13.3 Å². The fourth-order valence-electron chi connectivity index (χ4n) is 2.94. The van der Waals surface area contributed by atoms with E-state index in [1.165, 1.54) is 24.0 Å². The highest BCUT2D eigenvalue weighted by atomic mass is 32.1. The Morgan fingerprint density at radius 3 is 2.83 bits per heavy atom. The lowest BCUT2D eigenvalue weighted by Gasteiger charge is -2.18. The average Bonchev–Trinajstić information content (AvgIpc) is 3.11. The van der Waals surface area contributed by atoms with Gasteiger partial charge in [0.15, 0.2) is 11.7 Å². The van der Waals surface area contributed by atoms with Crippen LogP contribution in [0.3, 0.4) is 0 Å². The minimum absolute atomic E-state index is 0.00125. The van der Waals surface area contributed by atoms with Crippen molar-refractivity contribution in [3.63, 3.8) is 0 Å². The Kier molecular flexibility index (Phi) is 5.18. The van der Waals surface area contributed by atoms with Crippen LogP contribution in [0.4, 0.5) is 16.5 Å². The highest BCUT2D eigenvalue weighted by molar-refractivity contribution is 7.16. The zero-order chi connectivity index (χ0) is 20.4. The van der Waals surface area contributed by atoms with Crippen molar-refractivity contribution < 1.29 is 19.1 Å². The lowest BCUT2D eigenvalue weighted by Crippen LogP contribution is -2.25. The molecule has 1 aromatic heterocycles. The maximum atomic E-state index is 11.9. The van der Waals surface area contributed by atoms with Crippen LogP contribution in [0.2, 0.25) is 0 Å². The Hall–Kier alpha value is -3.39. The number of methoxy groups -OCH3 is 1. The normalized spacial score (nSPS) is 12.6. The fourth-order valence-corrected chi connectivity index (χ4v) is 3.93. The first kappa shape index (κ1) is 18.9. The number of aromatic nitrogens is 1. The number of benzene rings is 2. The van der Waals surface area contributed by atoms with Crippen molar-refractivity contribution in [2.24, 2.45) is 0 Å². The van der Waals surface area contributed by atoms with E-state index < -0.39 is 0 Å². The Morgan fingerprint density at radius 2 is 2.07 bits per heavy atom. The molecule has 3 aromatic rings. The number of carbonyl (C=O) groups excluding carboxylic acids is 2. The Bertz CT molecular complexity index is 1080. The largest absolute Gasteiger partial charge is 0.482 e. The summed E-state index contributed by atoms with van der Waals surface area (Å²) in [5.41, 5.74) is 4.11. The average molecular weight is 409 g/mol. The smallest absolute Gasteiger partial charge is 0.310 e. The molecule has 1 amide bonds. The minimum atomic E-state index is -0.341. The Balaban J connectivity index is 1.70. The van der Waals surface area contributed by atoms with E-state index in [-0.39, 0.29) is 24.9 Å². The van der Waals surface area contributed by atoms with Crippen molar-refractivity contribution in [1.29, 1.82) is 0 Å². The van der Waals surface area contributed by atoms with Crippen molar-refractivity contribution in [2.75, 3.05) is 24.4 Å². The summed E-state index contributed by atoms with van der Waals surface area (Å²) in [5.74, 6) is 0.0620. The first-order valence-electron chi connectivity index (χ1n) is 8.99. The van der Waals surface area contributed by atoms with Gasteiger partial charge in [-0.25, -0.2) is 4.98 Å². The van der Waals surface area contributed by atoms with Crippen LogP contribution in [0, 0.1) is 6.92 Å². The second-order valence-electron chi connectivity index (χ2n) is 6.58. The van der Waals surface area contributed by atoms with Crippen LogP contribution in [0.1, 0.15) is 10.4 Å². The number of rotatable bonds is 5. The molecular weight excluding hydrogens is 390 g/mol. The minimum Gasteiger partial charge on any atom is -0.482 e. The van der Waals surface area contributed by atoms with E-state index in [2.05, 4.69) is 10.6 Å². The molecule has 4 rings (SSSR count). The van der Waals surface area contributed by atoms with E-state index in [0.29, 0.717) is 22.3 Å². The summed E-state index contributed by atoms with van der Waals surface area (Å²) in [5, 5.41) is 6.75. The molecule has 1 aliphatic rings. The van der Waals surface area contributed by atoms with Gasteiger partial charge in [-0.15, -0.1) is 11.3 Å². The Morgan fingerprint density at radius 1 is 1.28 bits per heavy atom. The molecule has 148 valence electrons. The molecule has 0 saturated carbocycles. The van der Waals surface area contributed by atoms with E-state index in [9.17, 15) is 9.59 Å². The summed E-state index contributed by atoms with van der Waals surface area (Å²) >= 11 is 1.39. The maximum Gasteiger partial charge on any atom is 0.310 e. The number of aryl methyl sites for hydroxylation is 1. The van der Waals surface area contributed by atoms with Crippen LogP contribution >= 0.6 is 11.3 Å². The predicted octanol–water partition coefficient (Wildman–Crippen LogP) is 3.91. The van der Waals surface area contributed by atoms with Crippen molar-refractivity contribution in [1.82, 2.24) is 4.98 Å². The van der Waals surface area contributed by atoms with Gasteiger partial charge in [-0.1, -0.05) is 17.7 Å². The molecular formula is C21H19N3O4S. The molecule has 2 N–H and O–H groups in total. The van der Waals surface area contributed by atoms with Gasteiger partial charge in [-0.3, -0.25) is 9.59 Å². The van der Waals surface area contributed by atoms with Crippen LogP contribution in [-0.2, 0) is 20.7 Å². The van der Waals surface area contributed by atoms with Gasteiger partial charge in [0.2, 0.25) is 0 Å². The SMILES string of the molecule is COC(=O)Cc1sc(Nc2ccc(C)cc2)nc1-c1ccc2c(c1)NC(=O)CO2. The number of amides is 1. The molecule has 0 saturated heterocycles. The van der Waals surface area contributed by atoms with Crippen LogP contribution in [0.15, 0.2) is 42.5 Å². The summed E-state index contributed by atoms with van der Waals surface area (Å²) in [6, 6.07) is 13.4. The molecule has 0 radical (unpaired) electrons. The van der Waals surface area contributed by atoms with Gasteiger partial charge in [-0.05, 0) is 37.3 Å². The first-order valence-corrected chi connectivity index (χ1v) is 9.81. The van der Waals surface area contributed by atoms with Crippen LogP contribution in [-0.4, -0.2) is 30.6 Å². The zero-order valence-electron chi connectivity index (χ0n) is 15.9. The van der Waals surface area contributed by atoms with Crippen molar-refractivity contribution in [3.8, 4) is 17.0 Å². The molecule has 0 fully saturated rings. The Labute approximate surface area is 171 Å². The standard InChI is InChI=1S/C21H19N3O4S/c1-12-3-6-14(7-4-12)22-21-24-20(17(29-21)10-19(26)27-2)13-5-8-16-15(9-13)23-18(25)11-28-16/h3-9H,10-11H2,1-2H3,(H,22,24)(H,23,25). The lowest BCUT2D eigenvalue weighted by atomic mass is 10.1. The number of esters is 1. The van der Waals surface area contributed by atoms with Gasteiger partial charge in [-0.2, -0.15) is 0 Å².